The lowest BCUT2D eigenvalue weighted by atomic mass is 10.2. The molecule has 0 aromatic rings. The topological polar surface area (TPSA) is 75.7 Å². The first kappa shape index (κ1) is 13.7. The summed E-state index contributed by atoms with van der Waals surface area (Å²) in [6.07, 6.45) is 3.25. The molecule has 3 rings (SSSR count). The first-order chi connectivity index (χ1) is 9.49. The molecule has 0 spiro atoms. The summed E-state index contributed by atoms with van der Waals surface area (Å²) in [7, 11) is 0. The Hall–Kier alpha value is -1.24. The molecule has 2 heterocycles. The van der Waals surface area contributed by atoms with E-state index in [-0.39, 0.29) is 29.3 Å². The Labute approximate surface area is 121 Å². The average molecular weight is 298 g/mol. The Bertz CT molecular complexity index is 465. The number of carbonyl (C=O) groups is 3. The second-order valence-corrected chi connectivity index (χ2v) is 7.22. The Balaban J connectivity index is 1.54. The number of rotatable bonds is 4. The molecule has 2 aliphatic heterocycles. The van der Waals surface area contributed by atoms with Crippen molar-refractivity contribution in [3.8, 4) is 0 Å². The lowest BCUT2D eigenvalue weighted by molar-refractivity contribution is -0.156. The van der Waals surface area contributed by atoms with E-state index in [4.69, 9.17) is 4.74 Å². The van der Waals surface area contributed by atoms with Gasteiger partial charge in [-0.15, -0.1) is 11.8 Å². The lowest BCUT2D eigenvalue weighted by Gasteiger charge is -2.29. The summed E-state index contributed by atoms with van der Waals surface area (Å²) in [5, 5.41) is 2.76. The number of esters is 1. The molecule has 2 atom stereocenters. The maximum atomic E-state index is 12.1. The molecule has 0 aromatic heterocycles. The van der Waals surface area contributed by atoms with Crippen LogP contribution in [0.5, 0.6) is 0 Å². The summed E-state index contributed by atoms with van der Waals surface area (Å²) < 4.78 is 5.06. The van der Waals surface area contributed by atoms with Crippen LogP contribution < -0.4 is 5.32 Å². The van der Waals surface area contributed by atoms with Gasteiger partial charge in [0.25, 0.3) is 5.91 Å². The van der Waals surface area contributed by atoms with Crippen molar-refractivity contribution in [1.82, 2.24) is 10.2 Å². The number of nitrogens with one attached hydrogen (secondary N) is 1. The molecule has 1 saturated carbocycles. The number of nitrogens with zero attached hydrogens (tertiary/aromatic N) is 1. The van der Waals surface area contributed by atoms with Crippen LogP contribution in [0.15, 0.2) is 0 Å². The van der Waals surface area contributed by atoms with Gasteiger partial charge < -0.3 is 15.0 Å². The smallest absolute Gasteiger partial charge is 0.330 e. The highest BCUT2D eigenvalue weighted by Gasteiger charge is 2.53. The summed E-state index contributed by atoms with van der Waals surface area (Å²) >= 11 is 1.61. The first-order valence-corrected chi connectivity index (χ1v) is 7.90. The van der Waals surface area contributed by atoms with Gasteiger partial charge in [-0.05, 0) is 26.2 Å². The Morgan fingerprint density at radius 2 is 2.25 bits per heavy atom. The maximum absolute atomic E-state index is 12.1. The van der Waals surface area contributed by atoms with Crippen LogP contribution in [0, 0.1) is 0 Å². The number of amides is 2. The molecule has 0 unspecified atom stereocenters. The zero-order valence-corrected chi connectivity index (χ0v) is 12.2. The van der Waals surface area contributed by atoms with E-state index in [9.17, 15) is 14.4 Å². The molecule has 1 aliphatic carbocycles. The monoisotopic (exact) mass is 298 g/mol. The minimum atomic E-state index is -0.547. The van der Waals surface area contributed by atoms with Crippen LogP contribution in [-0.2, 0) is 19.1 Å². The zero-order chi connectivity index (χ0) is 14.3. The standard InChI is InChI=1S/C13H18N2O4S/c1-13-5-4-11(17)15(13)9(7-20-13)12(18)19-6-10(16)14-8-2-3-8/h8-9H,2-7H2,1H3,(H,14,16)/t9-,13+/m0/s1. The van der Waals surface area contributed by atoms with Crippen molar-refractivity contribution >= 4 is 29.5 Å². The highest BCUT2D eigenvalue weighted by atomic mass is 32.2. The molecule has 0 aromatic carbocycles. The molecule has 6 nitrogen and oxygen atoms in total. The van der Waals surface area contributed by atoms with E-state index >= 15 is 0 Å². The van der Waals surface area contributed by atoms with E-state index < -0.39 is 12.0 Å². The van der Waals surface area contributed by atoms with Gasteiger partial charge in [0.1, 0.15) is 6.04 Å². The van der Waals surface area contributed by atoms with E-state index in [1.807, 2.05) is 6.92 Å². The summed E-state index contributed by atoms with van der Waals surface area (Å²) in [5.41, 5.74) is 0. The predicted molar refractivity (Wildman–Crippen MR) is 72.9 cm³/mol. The molecule has 3 aliphatic rings. The normalized spacial score (nSPS) is 32.1. The van der Waals surface area contributed by atoms with Crippen molar-refractivity contribution in [3.63, 3.8) is 0 Å². The number of hydrogen-bond donors (Lipinski definition) is 1. The first-order valence-electron chi connectivity index (χ1n) is 6.92. The van der Waals surface area contributed by atoms with Crippen LogP contribution in [0.25, 0.3) is 0 Å². The maximum Gasteiger partial charge on any atom is 0.330 e. The third-order valence-corrected chi connectivity index (χ3v) is 5.51. The Morgan fingerprint density at radius 3 is 2.95 bits per heavy atom. The average Bonchev–Trinajstić information content (AvgIpc) is 3.07. The van der Waals surface area contributed by atoms with Gasteiger partial charge in [0, 0.05) is 18.2 Å². The Morgan fingerprint density at radius 1 is 1.50 bits per heavy atom. The molecule has 110 valence electrons. The van der Waals surface area contributed by atoms with Crippen LogP contribution in [-0.4, -0.2) is 52.0 Å². The zero-order valence-electron chi connectivity index (χ0n) is 11.4. The second kappa shape index (κ2) is 4.95. The van der Waals surface area contributed by atoms with Gasteiger partial charge in [0.05, 0.1) is 4.87 Å². The van der Waals surface area contributed by atoms with Crippen LogP contribution in [0.4, 0.5) is 0 Å². The van der Waals surface area contributed by atoms with Crippen molar-refractivity contribution < 1.29 is 19.1 Å². The van der Waals surface area contributed by atoms with E-state index in [2.05, 4.69) is 5.32 Å². The van der Waals surface area contributed by atoms with Crippen molar-refractivity contribution in [2.24, 2.45) is 0 Å². The molecular formula is C13H18N2O4S. The van der Waals surface area contributed by atoms with Crippen LogP contribution in [0.3, 0.4) is 0 Å². The van der Waals surface area contributed by atoms with Crippen molar-refractivity contribution in [1.29, 1.82) is 0 Å². The highest BCUT2D eigenvalue weighted by molar-refractivity contribution is 8.01. The minimum absolute atomic E-state index is 0.00174. The molecule has 7 heteroatoms. The fourth-order valence-corrected chi connectivity index (χ4v) is 4.14. The van der Waals surface area contributed by atoms with Gasteiger partial charge in [0.15, 0.2) is 6.61 Å². The van der Waals surface area contributed by atoms with E-state index in [0.29, 0.717) is 12.2 Å². The van der Waals surface area contributed by atoms with E-state index in [1.165, 1.54) is 0 Å². The SMILES string of the molecule is C[C@@]12CCC(=O)N1[C@H](C(=O)OCC(=O)NC1CC1)CS2. The fraction of sp³-hybridized carbons (Fsp3) is 0.769. The second-order valence-electron chi connectivity index (χ2n) is 5.72. The van der Waals surface area contributed by atoms with Gasteiger partial charge in [-0.1, -0.05) is 0 Å². The van der Waals surface area contributed by atoms with Crippen LogP contribution >= 0.6 is 11.8 Å². The highest BCUT2D eigenvalue weighted by Crippen LogP contribution is 2.47. The summed E-state index contributed by atoms with van der Waals surface area (Å²) in [4.78, 5) is 36.8. The van der Waals surface area contributed by atoms with E-state index in [1.54, 1.807) is 16.7 Å². The van der Waals surface area contributed by atoms with Crippen molar-refractivity contribution in [2.45, 2.75) is 49.6 Å². The lowest BCUT2D eigenvalue weighted by Crippen LogP contribution is -2.47. The molecule has 0 bridgehead atoms. The number of carbonyl (C=O) groups excluding carboxylic acids is 3. The summed E-state index contributed by atoms with van der Waals surface area (Å²) in [6, 6.07) is -0.291. The molecule has 2 saturated heterocycles. The molecule has 1 N–H and O–H groups in total. The van der Waals surface area contributed by atoms with Gasteiger partial charge in [-0.2, -0.15) is 0 Å². The quantitative estimate of drug-likeness (QED) is 0.754. The molecule has 2 amide bonds. The third-order valence-electron chi connectivity index (χ3n) is 4.00. The summed E-state index contributed by atoms with van der Waals surface area (Å²) in [5.74, 6) is -0.183. The predicted octanol–water partition coefficient (Wildman–Crippen LogP) is 0.262. The molecule has 20 heavy (non-hydrogen) atoms. The largest absolute Gasteiger partial charge is 0.454 e. The number of ether oxygens (including phenoxy) is 1. The summed E-state index contributed by atoms with van der Waals surface area (Å²) in [6.45, 7) is 1.73. The molecule has 0 radical (unpaired) electrons. The van der Waals surface area contributed by atoms with Gasteiger partial charge in [-0.3, -0.25) is 9.59 Å². The molecule has 3 fully saturated rings. The number of thioether (sulfide) groups is 1. The van der Waals surface area contributed by atoms with Crippen molar-refractivity contribution in [3.05, 3.63) is 0 Å². The third kappa shape index (κ3) is 2.51. The Kier molecular flexibility index (Phi) is 3.40. The molecular weight excluding hydrogens is 280 g/mol. The van der Waals surface area contributed by atoms with E-state index in [0.717, 1.165) is 19.3 Å². The fourth-order valence-electron chi connectivity index (χ4n) is 2.73. The number of hydrogen-bond acceptors (Lipinski definition) is 5. The van der Waals surface area contributed by atoms with Crippen LogP contribution in [0.1, 0.15) is 32.6 Å². The van der Waals surface area contributed by atoms with Gasteiger partial charge in [-0.25, -0.2) is 4.79 Å². The minimum Gasteiger partial charge on any atom is -0.454 e. The number of fused-ring (bicyclic) bond motifs is 1. The van der Waals surface area contributed by atoms with Crippen LogP contribution in [0.2, 0.25) is 0 Å². The van der Waals surface area contributed by atoms with Crippen molar-refractivity contribution in [2.75, 3.05) is 12.4 Å². The van der Waals surface area contributed by atoms with Gasteiger partial charge in [0.2, 0.25) is 5.91 Å². The van der Waals surface area contributed by atoms with Gasteiger partial charge >= 0.3 is 5.97 Å².